The van der Waals surface area contributed by atoms with Crippen LogP contribution in [0.15, 0.2) is 89.2 Å². The van der Waals surface area contributed by atoms with Crippen LogP contribution in [0.5, 0.6) is 5.75 Å². The molecule has 0 fully saturated rings. The number of nitrogens with zero attached hydrogens (tertiary/aromatic N) is 3. The van der Waals surface area contributed by atoms with E-state index in [2.05, 4.69) is 42.8 Å². The number of aromatic nitrogens is 2. The van der Waals surface area contributed by atoms with Gasteiger partial charge < -0.3 is 14.2 Å². The molecule has 0 amide bonds. The van der Waals surface area contributed by atoms with E-state index in [0.717, 1.165) is 57.9 Å². The third-order valence-electron chi connectivity index (χ3n) is 7.00. The molecule has 1 aromatic heterocycles. The zero-order valence-electron chi connectivity index (χ0n) is 27.1. The average molecular weight is 596 g/mol. The van der Waals surface area contributed by atoms with Gasteiger partial charge in [0.05, 0.1) is 44.3 Å². The molecule has 7 nitrogen and oxygen atoms in total. The van der Waals surface area contributed by atoms with Gasteiger partial charge in [0.15, 0.2) is 0 Å². The molecular formula is C37H45N3O4. The quantitative estimate of drug-likeness (QED) is 0.129. The Labute approximate surface area is 261 Å². The number of hydrogen-bond acceptors (Lipinski definition) is 6. The highest BCUT2D eigenvalue weighted by atomic mass is 16.7. The molecule has 0 saturated carbocycles. The van der Waals surface area contributed by atoms with Crippen LogP contribution in [-0.2, 0) is 28.9 Å². The molecule has 0 aliphatic rings. The van der Waals surface area contributed by atoms with Crippen LogP contribution in [0.4, 0.5) is 0 Å². The highest BCUT2D eigenvalue weighted by Gasteiger charge is 2.18. The van der Waals surface area contributed by atoms with Crippen molar-refractivity contribution in [2.45, 2.75) is 60.4 Å². The summed E-state index contributed by atoms with van der Waals surface area (Å²) < 4.78 is 17.7. The Balaban J connectivity index is 0.00000259. The summed E-state index contributed by atoms with van der Waals surface area (Å²) >= 11 is 0. The van der Waals surface area contributed by atoms with Crippen molar-refractivity contribution in [2.75, 3.05) is 20.8 Å². The summed E-state index contributed by atoms with van der Waals surface area (Å²) in [5, 5.41) is 0. The second kappa shape index (κ2) is 16.8. The number of ether oxygens (including phenoxy) is 3. The molecule has 3 aromatic carbocycles. The highest BCUT2D eigenvalue weighted by Crippen LogP contribution is 2.30. The van der Waals surface area contributed by atoms with Gasteiger partial charge in [-0.3, -0.25) is 9.36 Å². The van der Waals surface area contributed by atoms with Crippen LogP contribution in [0, 0.1) is 0 Å². The van der Waals surface area contributed by atoms with Gasteiger partial charge in [0.2, 0.25) is 0 Å². The van der Waals surface area contributed by atoms with Crippen LogP contribution in [-0.4, -0.2) is 36.5 Å². The van der Waals surface area contributed by atoms with E-state index < -0.39 is 0 Å². The predicted octanol–water partition coefficient (Wildman–Crippen LogP) is 8.18. The molecule has 232 valence electrons. The van der Waals surface area contributed by atoms with Gasteiger partial charge in [-0.2, -0.15) is 4.99 Å². The first-order chi connectivity index (χ1) is 21.4. The maximum atomic E-state index is 14.1. The van der Waals surface area contributed by atoms with E-state index in [1.54, 1.807) is 0 Å². The predicted molar refractivity (Wildman–Crippen MR) is 181 cm³/mol. The molecule has 4 aromatic rings. The van der Waals surface area contributed by atoms with E-state index in [9.17, 15) is 4.79 Å². The number of rotatable bonds is 11. The summed E-state index contributed by atoms with van der Waals surface area (Å²) in [4.78, 5) is 23.4. The number of hydrogen-bond donors (Lipinski definition) is 0. The van der Waals surface area contributed by atoms with Gasteiger partial charge >= 0.3 is 6.08 Å². The molecule has 0 spiro atoms. The van der Waals surface area contributed by atoms with Crippen molar-refractivity contribution in [2.24, 2.45) is 4.99 Å². The van der Waals surface area contributed by atoms with Crippen molar-refractivity contribution in [3.63, 3.8) is 0 Å². The molecule has 0 saturated heterocycles. The fourth-order valence-corrected chi connectivity index (χ4v) is 4.96. The van der Waals surface area contributed by atoms with E-state index in [0.29, 0.717) is 30.8 Å². The van der Waals surface area contributed by atoms with Crippen molar-refractivity contribution < 1.29 is 14.2 Å². The van der Waals surface area contributed by atoms with Crippen molar-refractivity contribution in [1.29, 1.82) is 0 Å². The van der Waals surface area contributed by atoms with Crippen molar-refractivity contribution in [1.82, 2.24) is 9.55 Å². The van der Waals surface area contributed by atoms with Crippen molar-refractivity contribution in [3.05, 3.63) is 112 Å². The van der Waals surface area contributed by atoms with Crippen LogP contribution in [0.1, 0.15) is 63.7 Å². The first-order valence-electron chi connectivity index (χ1n) is 15.3. The number of benzene rings is 3. The molecular weight excluding hydrogens is 550 g/mol. The molecule has 1 heterocycles. The Morgan fingerprint density at radius 3 is 2.11 bits per heavy atom. The average Bonchev–Trinajstić information content (AvgIpc) is 3.07. The van der Waals surface area contributed by atoms with E-state index >= 15 is 0 Å². The van der Waals surface area contributed by atoms with Crippen molar-refractivity contribution in [3.8, 4) is 28.0 Å². The lowest BCUT2D eigenvalue weighted by atomic mass is 9.97. The molecule has 0 bridgehead atoms. The van der Waals surface area contributed by atoms with Gasteiger partial charge in [0.25, 0.3) is 5.56 Å². The summed E-state index contributed by atoms with van der Waals surface area (Å²) in [6, 6.07) is 23.9. The Hall–Kier alpha value is -4.65. The molecule has 0 atom stereocenters. The molecule has 7 heteroatoms. The summed E-state index contributed by atoms with van der Waals surface area (Å²) in [6.07, 6.45) is 2.44. The third kappa shape index (κ3) is 8.04. The standard InChI is InChI=1S/C35H39N3O4.C2H6/c1-7-12-32-37-31(8-2)33(27-19-21-28(22-20-27)42-9-3)34(39)38(32)23-25-15-17-26(18-16-25)30-14-11-10-13-29(30)24(4)36-35(40-5)41-6;1-2/h10-11,13-22H,4,7-9,12,23H2,1-3,5-6H3;1-2H3. The van der Waals surface area contributed by atoms with E-state index in [1.165, 1.54) is 14.2 Å². The van der Waals surface area contributed by atoms with Crippen LogP contribution < -0.4 is 10.3 Å². The molecule has 0 unspecified atom stereocenters. The Morgan fingerprint density at radius 2 is 1.52 bits per heavy atom. The largest absolute Gasteiger partial charge is 0.494 e. The second-order valence-corrected chi connectivity index (χ2v) is 9.78. The second-order valence-electron chi connectivity index (χ2n) is 9.78. The molecule has 4 rings (SSSR count). The van der Waals surface area contributed by atoms with Gasteiger partial charge in [0, 0.05) is 12.0 Å². The number of aliphatic imine (C=N–C) groups is 1. The number of methoxy groups -OCH3 is 2. The maximum absolute atomic E-state index is 14.1. The van der Waals surface area contributed by atoms with Crippen molar-refractivity contribution >= 4 is 11.8 Å². The lowest BCUT2D eigenvalue weighted by Gasteiger charge is -2.17. The third-order valence-corrected chi connectivity index (χ3v) is 7.00. The first-order valence-corrected chi connectivity index (χ1v) is 15.3. The lowest BCUT2D eigenvalue weighted by molar-refractivity contribution is 0.243. The summed E-state index contributed by atoms with van der Waals surface area (Å²) in [5.41, 5.74) is 6.72. The summed E-state index contributed by atoms with van der Waals surface area (Å²) in [7, 11) is 3.01. The van der Waals surface area contributed by atoms with E-state index in [-0.39, 0.29) is 11.6 Å². The minimum atomic E-state index is -0.0230. The topological polar surface area (TPSA) is 74.9 Å². The fraction of sp³-hybridized carbons (Fsp3) is 0.324. The lowest BCUT2D eigenvalue weighted by Crippen LogP contribution is -2.29. The molecule has 0 N–H and O–H groups in total. The van der Waals surface area contributed by atoms with Crippen LogP contribution in [0.2, 0.25) is 0 Å². The van der Waals surface area contributed by atoms with Crippen LogP contribution in [0.3, 0.4) is 0 Å². The SMILES string of the molecule is C=C(N=C(OC)OC)c1ccccc1-c1ccc(Cn2c(CCC)nc(CC)c(-c3ccc(OCC)cc3)c2=O)cc1.CC. The van der Waals surface area contributed by atoms with Gasteiger partial charge in [0.1, 0.15) is 11.6 Å². The summed E-state index contributed by atoms with van der Waals surface area (Å²) in [6.45, 7) is 15.2. The molecule has 44 heavy (non-hydrogen) atoms. The Morgan fingerprint density at radius 1 is 0.886 bits per heavy atom. The van der Waals surface area contributed by atoms with Gasteiger partial charge in [-0.15, -0.1) is 0 Å². The minimum Gasteiger partial charge on any atom is -0.494 e. The van der Waals surface area contributed by atoms with E-state index in [4.69, 9.17) is 19.2 Å². The van der Waals surface area contributed by atoms with Gasteiger partial charge in [-0.05, 0) is 54.2 Å². The molecule has 0 radical (unpaired) electrons. The Bertz CT molecular complexity index is 1600. The smallest absolute Gasteiger partial charge is 0.388 e. The molecule has 0 aliphatic carbocycles. The van der Waals surface area contributed by atoms with Crippen LogP contribution in [0.25, 0.3) is 28.0 Å². The van der Waals surface area contributed by atoms with Gasteiger partial charge in [-0.1, -0.05) is 94.9 Å². The highest BCUT2D eigenvalue weighted by molar-refractivity contribution is 5.84. The zero-order valence-corrected chi connectivity index (χ0v) is 27.1. The maximum Gasteiger partial charge on any atom is 0.388 e. The van der Waals surface area contributed by atoms with E-state index in [1.807, 2.05) is 80.8 Å². The summed E-state index contributed by atoms with van der Waals surface area (Å²) in [5.74, 6) is 1.59. The van der Waals surface area contributed by atoms with Crippen LogP contribution >= 0.6 is 0 Å². The monoisotopic (exact) mass is 595 g/mol. The minimum absolute atomic E-state index is 0.0230. The zero-order chi connectivity index (χ0) is 32.1. The number of aryl methyl sites for hydroxylation is 2. The first kappa shape index (κ1) is 33.8. The fourth-order valence-electron chi connectivity index (χ4n) is 4.96. The Kier molecular flexibility index (Phi) is 13.0. The normalized spacial score (nSPS) is 10.3. The molecule has 0 aliphatic heterocycles. The van der Waals surface area contributed by atoms with Gasteiger partial charge in [-0.25, -0.2) is 4.98 Å².